The standard InChI is InChI=1S/C19H23NO4/c1-12(2)10-15-18(22)16(19(23)24-15)17(21)13(3)6-4-7-14-8-5-9-20-11-14/h4-5,7-9,11-13,15,21H,6,10H2,1-3H3. The number of pyridine rings is 1. The molecule has 1 aromatic heterocycles. The van der Waals surface area contributed by atoms with Crippen molar-refractivity contribution in [3.8, 4) is 0 Å². The summed E-state index contributed by atoms with van der Waals surface area (Å²) in [5.41, 5.74) is 0.758. The Labute approximate surface area is 142 Å². The number of aliphatic hydroxyl groups excluding tert-OH is 1. The van der Waals surface area contributed by atoms with E-state index >= 15 is 0 Å². The molecule has 0 aliphatic carbocycles. The predicted molar refractivity (Wildman–Crippen MR) is 91.0 cm³/mol. The highest BCUT2D eigenvalue weighted by atomic mass is 16.6. The third kappa shape index (κ3) is 4.31. The second-order valence-electron chi connectivity index (χ2n) is 6.47. The molecule has 1 aliphatic heterocycles. The number of carbonyl (C=O) groups is 2. The summed E-state index contributed by atoms with van der Waals surface area (Å²) in [6, 6.07) is 3.76. The molecule has 2 heterocycles. The molecule has 24 heavy (non-hydrogen) atoms. The van der Waals surface area contributed by atoms with Crippen molar-refractivity contribution in [1.82, 2.24) is 4.98 Å². The number of aromatic nitrogens is 1. The molecule has 0 radical (unpaired) electrons. The van der Waals surface area contributed by atoms with Gasteiger partial charge < -0.3 is 9.84 Å². The summed E-state index contributed by atoms with van der Waals surface area (Å²) in [5.74, 6) is -1.43. The summed E-state index contributed by atoms with van der Waals surface area (Å²) >= 11 is 0. The average molecular weight is 329 g/mol. The van der Waals surface area contributed by atoms with E-state index in [0.29, 0.717) is 12.8 Å². The fraction of sp³-hybridized carbons (Fsp3) is 0.421. The van der Waals surface area contributed by atoms with Gasteiger partial charge >= 0.3 is 5.97 Å². The van der Waals surface area contributed by atoms with Crippen molar-refractivity contribution in [3.63, 3.8) is 0 Å². The van der Waals surface area contributed by atoms with E-state index in [1.165, 1.54) is 0 Å². The highest BCUT2D eigenvalue weighted by molar-refractivity contribution is 6.23. The number of allylic oxidation sites excluding steroid dienone is 2. The van der Waals surface area contributed by atoms with Crippen LogP contribution in [0, 0.1) is 11.8 Å². The summed E-state index contributed by atoms with van der Waals surface area (Å²) in [6.45, 7) is 5.68. The Morgan fingerprint density at radius 2 is 2.12 bits per heavy atom. The van der Waals surface area contributed by atoms with Crippen molar-refractivity contribution in [1.29, 1.82) is 0 Å². The monoisotopic (exact) mass is 329 g/mol. The SMILES string of the molecule is CC(C)CC1OC(=O)C(=C(O)C(C)CC=Cc2cccnc2)C1=O. The van der Waals surface area contributed by atoms with E-state index in [1.807, 2.05) is 38.1 Å². The maximum atomic E-state index is 12.3. The fourth-order valence-corrected chi connectivity index (χ4v) is 2.56. The fourth-order valence-electron chi connectivity index (χ4n) is 2.56. The molecule has 2 unspecified atom stereocenters. The number of ether oxygens (including phenoxy) is 1. The van der Waals surface area contributed by atoms with Crippen LogP contribution >= 0.6 is 0 Å². The van der Waals surface area contributed by atoms with Crippen LogP contribution in [0.15, 0.2) is 41.9 Å². The molecule has 1 fully saturated rings. The maximum absolute atomic E-state index is 12.3. The molecule has 0 amide bonds. The van der Waals surface area contributed by atoms with E-state index in [2.05, 4.69) is 4.98 Å². The van der Waals surface area contributed by atoms with Crippen LogP contribution < -0.4 is 0 Å². The van der Waals surface area contributed by atoms with E-state index in [4.69, 9.17) is 4.74 Å². The number of esters is 1. The molecule has 0 saturated carbocycles. The minimum Gasteiger partial charge on any atom is -0.511 e. The van der Waals surface area contributed by atoms with Gasteiger partial charge in [-0.2, -0.15) is 0 Å². The zero-order chi connectivity index (χ0) is 17.7. The summed E-state index contributed by atoms with van der Waals surface area (Å²) in [4.78, 5) is 28.2. The Morgan fingerprint density at radius 3 is 2.75 bits per heavy atom. The van der Waals surface area contributed by atoms with E-state index in [9.17, 15) is 14.7 Å². The maximum Gasteiger partial charge on any atom is 0.346 e. The summed E-state index contributed by atoms with van der Waals surface area (Å²) in [7, 11) is 0. The van der Waals surface area contributed by atoms with Gasteiger partial charge in [0.2, 0.25) is 5.78 Å². The minimum absolute atomic E-state index is 0.188. The largest absolute Gasteiger partial charge is 0.511 e. The topological polar surface area (TPSA) is 76.5 Å². The first-order chi connectivity index (χ1) is 11.4. The van der Waals surface area contributed by atoms with Crippen LogP contribution in [0.3, 0.4) is 0 Å². The molecule has 1 N–H and O–H groups in total. The van der Waals surface area contributed by atoms with Gasteiger partial charge in [-0.3, -0.25) is 9.78 Å². The van der Waals surface area contributed by atoms with Crippen molar-refractivity contribution in [2.75, 3.05) is 0 Å². The minimum atomic E-state index is -0.771. The number of Topliss-reactive ketones (excluding diaryl/α,β-unsaturated/α-hetero) is 1. The van der Waals surface area contributed by atoms with E-state index in [1.54, 1.807) is 19.3 Å². The number of carbonyl (C=O) groups excluding carboxylic acids is 2. The Bertz CT molecular complexity index is 661. The molecule has 5 nitrogen and oxygen atoms in total. The molecular formula is C19H23NO4. The first-order valence-corrected chi connectivity index (χ1v) is 8.15. The number of hydrogen-bond acceptors (Lipinski definition) is 5. The third-order valence-corrected chi connectivity index (χ3v) is 3.89. The van der Waals surface area contributed by atoms with Crippen LogP contribution in [0.25, 0.3) is 6.08 Å². The van der Waals surface area contributed by atoms with Gasteiger partial charge in [0.05, 0.1) is 0 Å². The lowest BCUT2D eigenvalue weighted by Gasteiger charge is -2.10. The molecular weight excluding hydrogens is 306 g/mol. The van der Waals surface area contributed by atoms with Crippen molar-refractivity contribution in [2.24, 2.45) is 11.8 Å². The molecule has 1 aliphatic rings. The molecule has 2 rings (SSSR count). The van der Waals surface area contributed by atoms with Gasteiger partial charge in [0.15, 0.2) is 6.10 Å². The summed E-state index contributed by atoms with van der Waals surface area (Å²) in [5, 5.41) is 10.3. The lowest BCUT2D eigenvalue weighted by molar-refractivity contribution is -0.141. The molecule has 0 bridgehead atoms. The van der Waals surface area contributed by atoms with Crippen LogP contribution in [0.5, 0.6) is 0 Å². The van der Waals surface area contributed by atoms with Crippen LogP contribution in [-0.4, -0.2) is 27.9 Å². The third-order valence-electron chi connectivity index (χ3n) is 3.89. The number of ketones is 1. The number of hydrogen-bond donors (Lipinski definition) is 1. The lowest BCUT2D eigenvalue weighted by Crippen LogP contribution is -2.19. The van der Waals surface area contributed by atoms with Crippen molar-refractivity contribution < 1.29 is 19.4 Å². The molecule has 128 valence electrons. The molecule has 1 aromatic rings. The van der Waals surface area contributed by atoms with Crippen molar-refractivity contribution >= 4 is 17.8 Å². The smallest absolute Gasteiger partial charge is 0.346 e. The van der Waals surface area contributed by atoms with Crippen LogP contribution in [-0.2, 0) is 14.3 Å². The normalized spacial score (nSPS) is 21.4. The second kappa shape index (κ2) is 7.90. The van der Waals surface area contributed by atoms with Crippen LogP contribution in [0.4, 0.5) is 0 Å². The number of nitrogens with zero attached hydrogens (tertiary/aromatic N) is 1. The van der Waals surface area contributed by atoms with Gasteiger partial charge in [0, 0.05) is 18.3 Å². The highest BCUT2D eigenvalue weighted by Gasteiger charge is 2.41. The molecule has 0 spiro atoms. The Hall–Kier alpha value is -2.43. The zero-order valence-electron chi connectivity index (χ0n) is 14.2. The second-order valence-corrected chi connectivity index (χ2v) is 6.47. The Kier molecular flexibility index (Phi) is 5.90. The summed E-state index contributed by atoms with van der Waals surface area (Å²) < 4.78 is 5.11. The van der Waals surface area contributed by atoms with Gasteiger partial charge in [0.25, 0.3) is 0 Å². The van der Waals surface area contributed by atoms with Gasteiger partial charge in [-0.15, -0.1) is 0 Å². The first kappa shape index (κ1) is 17.9. The lowest BCUT2D eigenvalue weighted by atomic mass is 9.95. The van der Waals surface area contributed by atoms with Crippen molar-refractivity contribution in [3.05, 3.63) is 47.5 Å². The van der Waals surface area contributed by atoms with Crippen LogP contribution in [0.1, 0.15) is 39.2 Å². The van der Waals surface area contributed by atoms with Crippen molar-refractivity contribution in [2.45, 2.75) is 39.7 Å². The quantitative estimate of drug-likeness (QED) is 0.374. The predicted octanol–water partition coefficient (Wildman–Crippen LogP) is 3.47. The number of rotatable bonds is 6. The van der Waals surface area contributed by atoms with Gasteiger partial charge in [-0.1, -0.05) is 39.0 Å². The van der Waals surface area contributed by atoms with E-state index in [0.717, 1.165) is 5.56 Å². The average Bonchev–Trinajstić information content (AvgIpc) is 2.81. The number of cyclic esters (lactones) is 1. The summed E-state index contributed by atoms with van der Waals surface area (Å²) in [6.07, 6.45) is 7.39. The molecule has 1 saturated heterocycles. The van der Waals surface area contributed by atoms with E-state index < -0.39 is 17.9 Å². The Balaban J connectivity index is 2.06. The van der Waals surface area contributed by atoms with Crippen LogP contribution in [0.2, 0.25) is 0 Å². The molecule has 5 heteroatoms. The Morgan fingerprint density at radius 1 is 1.38 bits per heavy atom. The van der Waals surface area contributed by atoms with E-state index in [-0.39, 0.29) is 23.2 Å². The number of aliphatic hydroxyl groups is 1. The molecule has 2 atom stereocenters. The van der Waals surface area contributed by atoms with Gasteiger partial charge in [0.1, 0.15) is 11.3 Å². The highest BCUT2D eigenvalue weighted by Crippen LogP contribution is 2.27. The molecule has 0 aromatic carbocycles. The first-order valence-electron chi connectivity index (χ1n) is 8.15. The van der Waals surface area contributed by atoms with Gasteiger partial charge in [-0.05, 0) is 30.4 Å². The zero-order valence-corrected chi connectivity index (χ0v) is 14.2. The van der Waals surface area contributed by atoms with Gasteiger partial charge in [-0.25, -0.2) is 4.79 Å².